The summed E-state index contributed by atoms with van der Waals surface area (Å²) < 4.78 is 42.4. The summed E-state index contributed by atoms with van der Waals surface area (Å²) >= 11 is 6.28. The molecule has 1 heterocycles. The van der Waals surface area contributed by atoms with E-state index in [4.69, 9.17) is 11.6 Å². The molecule has 0 aliphatic carbocycles. The van der Waals surface area contributed by atoms with Gasteiger partial charge in [-0.3, -0.25) is 9.52 Å². The van der Waals surface area contributed by atoms with Crippen molar-refractivity contribution >= 4 is 49.7 Å². The molecule has 0 spiro atoms. The Hall–Kier alpha value is -2.65. The standard InChI is InChI=1S/C19H20ClFN4O3S/c1-3-9-29(27,28)24-15-8-6-13(21)19(18(15)20)23-12-5-7-14-16(10-12)25(4-2)17(26)11-22-14/h5-8,10-11,23-24H,3-4,9H2,1-2H3. The molecule has 0 unspecified atom stereocenters. The van der Waals surface area contributed by atoms with Gasteiger partial charge in [-0.15, -0.1) is 0 Å². The summed E-state index contributed by atoms with van der Waals surface area (Å²) in [7, 11) is -3.58. The molecule has 10 heteroatoms. The van der Waals surface area contributed by atoms with E-state index >= 15 is 0 Å². The number of aryl methyl sites for hydroxylation is 1. The summed E-state index contributed by atoms with van der Waals surface area (Å²) in [4.78, 5) is 16.1. The van der Waals surface area contributed by atoms with Crippen LogP contribution < -0.4 is 15.6 Å². The molecular weight excluding hydrogens is 419 g/mol. The molecule has 7 nitrogen and oxygen atoms in total. The zero-order valence-electron chi connectivity index (χ0n) is 15.9. The van der Waals surface area contributed by atoms with Gasteiger partial charge >= 0.3 is 0 Å². The van der Waals surface area contributed by atoms with Gasteiger partial charge in [0.25, 0.3) is 5.56 Å². The average Bonchev–Trinajstić information content (AvgIpc) is 2.67. The van der Waals surface area contributed by atoms with Gasteiger partial charge in [-0.2, -0.15) is 0 Å². The SMILES string of the molecule is CCCS(=O)(=O)Nc1ccc(F)c(Nc2ccc3ncc(=O)n(CC)c3c2)c1Cl. The van der Waals surface area contributed by atoms with Gasteiger partial charge in [-0.05, 0) is 43.7 Å². The van der Waals surface area contributed by atoms with Crippen molar-refractivity contribution in [2.75, 3.05) is 15.8 Å². The van der Waals surface area contributed by atoms with Crippen LogP contribution in [0.2, 0.25) is 5.02 Å². The molecule has 0 atom stereocenters. The molecule has 0 saturated heterocycles. The highest BCUT2D eigenvalue weighted by molar-refractivity contribution is 7.92. The highest BCUT2D eigenvalue weighted by Crippen LogP contribution is 2.35. The second kappa shape index (κ2) is 8.38. The molecule has 0 radical (unpaired) electrons. The van der Waals surface area contributed by atoms with Crippen molar-refractivity contribution < 1.29 is 12.8 Å². The Balaban J connectivity index is 2.02. The smallest absolute Gasteiger partial charge is 0.269 e. The number of hydrogen-bond acceptors (Lipinski definition) is 5. The Morgan fingerprint density at radius 2 is 1.97 bits per heavy atom. The molecule has 1 aromatic heterocycles. The largest absolute Gasteiger partial charge is 0.352 e. The van der Waals surface area contributed by atoms with E-state index in [9.17, 15) is 17.6 Å². The van der Waals surface area contributed by atoms with Gasteiger partial charge in [0.15, 0.2) is 0 Å². The number of anilines is 3. The number of rotatable bonds is 7. The monoisotopic (exact) mass is 438 g/mol. The number of sulfonamides is 1. The van der Waals surface area contributed by atoms with E-state index in [1.807, 2.05) is 6.92 Å². The molecule has 0 aliphatic heterocycles. The number of benzene rings is 2. The maximum absolute atomic E-state index is 14.4. The van der Waals surface area contributed by atoms with E-state index in [1.54, 1.807) is 29.7 Å². The first kappa shape index (κ1) is 21.1. The first-order valence-corrected chi connectivity index (χ1v) is 11.0. The van der Waals surface area contributed by atoms with Crippen LogP contribution in [-0.4, -0.2) is 23.7 Å². The first-order valence-electron chi connectivity index (χ1n) is 9.01. The minimum atomic E-state index is -3.58. The van der Waals surface area contributed by atoms with Gasteiger partial charge in [0.05, 0.1) is 39.4 Å². The molecule has 3 rings (SSSR count). The van der Waals surface area contributed by atoms with Crippen LogP contribution in [0.15, 0.2) is 41.3 Å². The quantitative estimate of drug-likeness (QED) is 0.579. The summed E-state index contributed by atoms with van der Waals surface area (Å²) in [6, 6.07) is 7.43. The Kier molecular flexibility index (Phi) is 6.09. The summed E-state index contributed by atoms with van der Waals surface area (Å²) in [6.07, 6.45) is 1.69. The molecule has 154 valence electrons. The van der Waals surface area contributed by atoms with E-state index in [1.165, 1.54) is 12.3 Å². The van der Waals surface area contributed by atoms with Crippen LogP contribution >= 0.6 is 11.6 Å². The fourth-order valence-electron chi connectivity index (χ4n) is 2.94. The van der Waals surface area contributed by atoms with E-state index in [2.05, 4.69) is 15.0 Å². The number of aromatic nitrogens is 2. The zero-order valence-corrected chi connectivity index (χ0v) is 17.4. The molecule has 3 aromatic rings. The number of fused-ring (bicyclic) bond motifs is 1. The maximum Gasteiger partial charge on any atom is 0.269 e. The fraction of sp³-hybridized carbons (Fsp3) is 0.263. The van der Waals surface area contributed by atoms with Gasteiger partial charge in [0.2, 0.25) is 10.0 Å². The molecule has 0 aliphatic rings. The van der Waals surface area contributed by atoms with Crippen LogP contribution in [0.3, 0.4) is 0 Å². The third kappa shape index (κ3) is 4.51. The average molecular weight is 439 g/mol. The highest BCUT2D eigenvalue weighted by atomic mass is 35.5. The Bertz CT molecular complexity index is 1230. The van der Waals surface area contributed by atoms with Crippen molar-refractivity contribution in [3.8, 4) is 0 Å². The van der Waals surface area contributed by atoms with E-state index in [-0.39, 0.29) is 27.7 Å². The Labute approximate surface area is 172 Å². The second-order valence-corrected chi connectivity index (χ2v) is 8.59. The third-order valence-corrected chi connectivity index (χ3v) is 6.13. The van der Waals surface area contributed by atoms with Crippen LogP contribution in [0.4, 0.5) is 21.5 Å². The van der Waals surface area contributed by atoms with Crippen molar-refractivity contribution in [3.63, 3.8) is 0 Å². The number of hydrogen-bond donors (Lipinski definition) is 2. The summed E-state index contributed by atoms with van der Waals surface area (Å²) in [5.41, 5.74) is 1.44. The molecule has 2 aromatic carbocycles. The zero-order chi connectivity index (χ0) is 21.2. The van der Waals surface area contributed by atoms with Gasteiger partial charge < -0.3 is 9.88 Å². The topological polar surface area (TPSA) is 93.1 Å². The normalized spacial score (nSPS) is 11.6. The van der Waals surface area contributed by atoms with Crippen LogP contribution in [0.1, 0.15) is 20.3 Å². The van der Waals surface area contributed by atoms with Crippen LogP contribution in [-0.2, 0) is 16.6 Å². The van der Waals surface area contributed by atoms with Crippen LogP contribution in [0.5, 0.6) is 0 Å². The summed E-state index contributed by atoms with van der Waals surface area (Å²) in [5, 5.41) is 2.78. The maximum atomic E-state index is 14.4. The minimum Gasteiger partial charge on any atom is -0.352 e. The van der Waals surface area contributed by atoms with Crippen LogP contribution in [0, 0.1) is 5.82 Å². The summed E-state index contributed by atoms with van der Waals surface area (Å²) in [6.45, 7) is 4.03. The van der Waals surface area contributed by atoms with Gasteiger partial charge in [-0.1, -0.05) is 18.5 Å². The lowest BCUT2D eigenvalue weighted by Crippen LogP contribution is -2.19. The van der Waals surface area contributed by atoms with Crippen LogP contribution in [0.25, 0.3) is 11.0 Å². The molecule has 0 amide bonds. The van der Waals surface area contributed by atoms with Gasteiger partial charge in [0, 0.05) is 12.2 Å². The second-order valence-electron chi connectivity index (χ2n) is 6.37. The molecule has 0 saturated carbocycles. The molecule has 0 bridgehead atoms. The predicted octanol–water partition coefficient (Wildman–Crippen LogP) is 4.10. The van der Waals surface area contributed by atoms with Gasteiger partial charge in [0.1, 0.15) is 5.82 Å². The van der Waals surface area contributed by atoms with Crippen molar-refractivity contribution in [2.45, 2.75) is 26.8 Å². The molecule has 29 heavy (non-hydrogen) atoms. The van der Waals surface area contributed by atoms with Crippen molar-refractivity contribution in [1.29, 1.82) is 0 Å². The van der Waals surface area contributed by atoms with Crippen molar-refractivity contribution in [1.82, 2.24) is 9.55 Å². The number of nitrogens with one attached hydrogen (secondary N) is 2. The Morgan fingerprint density at radius 1 is 1.21 bits per heavy atom. The predicted molar refractivity (Wildman–Crippen MR) is 114 cm³/mol. The van der Waals surface area contributed by atoms with Crippen molar-refractivity contribution in [2.24, 2.45) is 0 Å². The highest BCUT2D eigenvalue weighted by Gasteiger charge is 2.17. The lowest BCUT2D eigenvalue weighted by atomic mass is 10.2. The van der Waals surface area contributed by atoms with E-state index in [0.717, 1.165) is 6.07 Å². The van der Waals surface area contributed by atoms with E-state index < -0.39 is 15.8 Å². The first-order chi connectivity index (χ1) is 13.8. The number of nitrogens with zero attached hydrogens (tertiary/aromatic N) is 2. The lowest BCUT2D eigenvalue weighted by Gasteiger charge is -2.15. The third-order valence-electron chi connectivity index (χ3n) is 4.26. The van der Waals surface area contributed by atoms with Crippen molar-refractivity contribution in [3.05, 3.63) is 57.7 Å². The fourth-order valence-corrected chi connectivity index (χ4v) is 4.39. The number of halogens is 2. The Morgan fingerprint density at radius 3 is 2.66 bits per heavy atom. The summed E-state index contributed by atoms with van der Waals surface area (Å²) in [5.74, 6) is -0.719. The molecular formula is C19H20ClFN4O3S. The van der Waals surface area contributed by atoms with Gasteiger partial charge in [-0.25, -0.2) is 17.8 Å². The lowest BCUT2D eigenvalue weighted by molar-refractivity contribution is 0.599. The minimum absolute atomic E-state index is 0.0722. The molecule has 0 fully saturated rings. The van der Waals surface area contributed by atoms with E-state index in [0.29, 0.717) is 29.7 Å². The molecule has 2 N–H and O–H groups in total.